The average Bonchev–Trinajstić information content (AvgIpc) is 3.22. The van der Waals surface area contributed by atoms with Gasteiger partial charge in [-0.1, -0.05) is 11.6 Å². The molecule has 4 rings (SSSR count). The average molecular weight is 424 g/mol. The molecular formula is C21H23ClFNO3S. The van der Waals surface area contributed by atoms with Crippen LogP contribution in [0.2, 0.25) is 5.02 Å². The van der Waals surface area contributed by atoms with Crippen LogP contribution in [0.3, 0.4) is 0 Å². The van der Waals surface area contributed by atoms with Gasteiger partial charge in [0.2, 0.25) is 0 Å². The third kappa shape index (κ3) is 3.65. The third-order valence-electron chi connectivity index (χ3n) is 5.68. The minimum Gasteiger partial charge on any atom is -0.484 e. The van der Waals surface area contributed by atoms with Crippen LogP contribution < -0.4 is 4.74 Å². The summed E-state index contributed by atoms with van der Waals surface area (Å²) >= 11 is 6.12. The number of benzene rings is 2. The zero-order valence-electron chi connectivity index (χ0n) is 15.9. The number of rotatable bonds is 4. The fraction of sp³-hybridized carbons (Fsp3) is 0.429. The van der Waals surface area contributed by atoms with Gasteiger partial charge in [-0.15, -0.1) is 0 Å². The first-order chi connectivity index (χ1) is 13.2. The van der Waals surface area contributed by atoms with Crippen molar-refractivity contribution in [2.24, 2.45) is 0 Å². The van der Waals surface area contributed by atoms with Gasteiger partial charge < -0.3 is 4.74 Å². The van der Waals surface area contributed by atoms with Crippen molar-refractivity contribution in [3.63, 3.8) is 0 Å². The summed E-state index contributed by atoms with van der Waals surface area (Å²) in [5, 5.41) is 0.357. The molecule has 1 heterocycles. The molecule has 2 atom stereocenters. The maximum Gasteiger partial charge on any atom is 0.175 e. The van der Waals surface area contributed by atoms with Crippen molar-refractivity contribution in [2.45, 2.75) is 43.2 Å². The predicted octanol–water partition coefficient (Wildman–Crippen LogP) is 4.33. The molecule has 150 valence electrons. The van der Waals surface area contributed by atoms with E-state index in [0.29, 0.717) is 28.3 Å². The van der Waals surface area contributed by atoms with Crippen LogP contribution in [0.25, 0.3) is 0 Å². The molecule has 7 heteroatoms. The van der Waals surface area contributed by atoms with Crippen LogP contribution in [-0.4, -0.2) is 38.7 Å². The van der Waals surface area contributed by atoms with Crippen molar-refractivity contribution in [3.8, 4) is 5.75 Å². The van der Waals surface area contributed by atoms with Gasteiger partial charge >= 0.3 is 0 Å². The quantitative estimate of drug-likeness (QED) is 0.734. The Kier molecular flexibility index (Phi) is 5.14. The van der Waals surface area contributed by atoms with Gasteiger partial charge in [-0.2, -0.15) is 0 Å². The zero-order valence-corrected chi connectivity index (χ0v) is 17.5. The maximum absolute atomic E-state index is 14.5. The number of fused-ring (bicyclic) bond motifs is 1. The molecule has 1 aliphatic heterocycles. The molecule has 0 spiro atoms. The Morgan fingerprint density at radius 2 is 1.89 bits per heavy atom. The highest BCUT2D eigenvalue weighted by Crippen LogP contribution is 2.41. The summed E-state index contributed by atoms with van der Waals surface area (Å²) in [7, 11) is -3.29. The molecule has 0 N–H and O–H groups in total. The summed E-state index contributed by atoms with van der Waals surface area (Å²) in [6.45, 7) is 3.69. The standard InChI is InChI=1S/C21H23ClFNO3S/c1-13-9-15(5-6-20(13)28(2,25)26)27-21-17-10-14(22)11-18(23)16(17)12-19(21)24-7-3-4-8-24/h5-6,9-11,19,21H,3-4,7-8,12H2,1-2H3/t19-,21-/m0/s1. The Balaban J connectivity index is 1.70. The number of aryl methyl sites for hydroxylation is 1. The third-order valence-corrected chi connectivity index (χ3v) is 7.16. The first-order valence-electron chi connectivity index (χ1n) is 9.43. The van der Waals surface area contributed by atoms with Gasteiger partial charge in [0.1, 0.15) is 17.7 Å². The minimum absolute atomic E-state index is 0.0420. The van der Waals surface area contributed by atoms with Crippen LogP contribution in [-0.2, 0) is 16.3 Å². The smallest absolute Gasteiger partial charge is 0.175 e. The predicted molar refractivity (Wildman–Crippen MR) is 107 cm³/mol. The van der Waals surface area contributed by atoms with E-state index in [-0.39, 0.29) is 22.9 Å². The van der Waals surface area contributed by atoms with Gasteiger partial charge in [-0.25, -0.2) is 12.8 Å². The molecule has 2 aromatic rings. The van der Waals surface area contributed by atoms with Crippen LogP contribution in [0.15, 0.2) is 35.2 Å². The molecule has 0 unspecified atom stereocenters. The Morgan fingerprint density at radius 1 is 1.18 bits per heavy atom. The fourth-order valence-corrected chi connectivity index (χ4v) is 5.58. The van der Waals surface area contributed by atoms with Crippen molar-refractivity contribution < 1.29 is 17.5 Å². The second-order valence-corrected chi connectivity index (χ2v) is 10.1. The number of hydrogen-bond donors (Lipinski definition) is 0. The number of hydrogen-bond acceptors (Lipinski definition) is 4. The van der Waals surface area contributed by atoms with Crippen LogP contribution >= 0.6 is 11.6 Å². The molecule has 1 aliphatic carbocycles. The highest BCUT2D eigenvalue weighted by atomic mass is 35.5. The van der Waals surface area contributed by atoms with E-state index in [4.69, 9.17) is 16.3 Å². The fourth-order valence-electron chi connectivity index (χ4n) is 4.41. The Hall–Kier alpha value is -1.63. The monoisotopic (exact) mass is 423 g/mol. The van der Waals surface area contributed by atoms with Crippen molar-refractivity contribution in [3.05, 3.63) is 57.9 Å². The van der Waals surface area contributed by atoms with E-state index in [1.165, 1.54) is 12.3 Å². The molecule has 4 nitrogen and oxygen atoms in total. The molecule has 0 aromatic heterocycles. The minimum atomic E-state index is -3.29. The van der Waals surface area contributed by atoms with Gasteiger partial charge in [-0.3, -0.25) is 4.90 Å². The molecule has 0 radical (unpaired) electrons. The lowest BCUT2D eigenvalue weighted by Gasteiger charge is -2.30. The first kappa shape index (κ1) is 19.7. The van der Waals surface area contributed by atoms with Gasteiger partial charge in [0.25, 0.3) is 0 Å². The summed E-state index contributed by atoms with van der Waals surface area (Å²) in [6, 6.07) is 8.16. The van der Waals surface area contributed by atoms with E-state index in [0.717, 1.165) is 31.5 Å². The van der Waals surface area contributed by atoms with Gasteiger partial charge in [0, 0.05) is 16.8 Å². The normalized spacial score (nSPS) is 22.4. The maximum atomic E-state index is 14.5. The molecule has 2 aliphatic rings. The van der Waals surface area contributed by atoms with Crippen molar-refractivity contribution in [1.29, 1.82) is 0 Å². The lowest BCUT2D eigenvalue weighted by molar-refractivity contribution is 0.0940. The van der Waals surface area contributed by atoms with Gasteiger partial charge in [0.05, 0.1) is 10.9 Å². The number of likely N-dealkylation sites (tertiary alicyclic amines) is 1. The Morgan fingerprint density at radius 3 is 2.54 bits per heavy atom. The molecule has 28 heavy (non-hydrogen) atoms. The molecule has 0 saturated carbocycles. The van der Waals surface area contributed by atoms with Crippen LogP contribution in [0, 0.1) is 12.7 Å². The second kappa shape index (κ2) is 7.32. The Bertz CT molecular complexity index is 1020. The van der Waals surface area contributed by atoms with E-state index in [9.17, 15) is 12.8 Å². The summed E-state index contributed by atoms with van der Waals surface area (Å²) in [5.74, 6) is 0.286. The van der Waals surface area contributed by atoms with Crippen molar-refractivity contribution in [2.75, 3.05) is 19.3 Å². The molecular weight excluding hydrogens is 401 g/mol. The first-order valence-corrected chi connectivity index (χ1v) is 11.7. The number of ether oxygens (including phenoxy) is 1. The van der Waals surface area contributed by atoms with E-state index in [2.05, 4.69) is 4.90 Å². The SMILES string of the molecule is Cc1cc(O[C@H]2c3cc(Cl)cc(F)c3C[C@@H]2N2CCCC2)ccc1S(C)(=O)=O. The van der Waals surface area contributed by atoms with E-state index < -0.39 is 9.84 Å². The highest BCUT2D eigenvalue weighted by molar-refractivity contribution is 7.90. The van der Waals surface area contributed by atoms with Gasteiger partial charge in [0.15, 0.2) is 9.84 Å². The topological polar surface area (TPSA) is 46.6 Å². The molecule has 0 bridgehead atoms. The summed E-state index contributed by atoms with van der Waals surface area (Å²) in [5.41, 5.74) is 2.08. The van der Waals surface area contributed by atoms with Crippen LogP contribution in [0.1, 0.15) is 35.6 Å². The molecule has 2 aromatic carbocycles. The summed E-state index contributed by atoms with van der Waals surface area (Å²) in [6.07, 6.45) is 3.70. The van der Waals surface area contributed by atoms with E-state index >= 15 is 0 Å². The summed E-state index contributed by atoms with van der Waals surface area (Å²) in [4.78, 5) is 2.65. The lowest BCUT2D eigenvalue weighted by Crippen LogP contribution is -2.38. The Labute approximate surface area is 170 Å². The lowest BCUT2D eigenvalue weighted by atomic mass is 10.1. The van der Waals surface area contributed by atoms with Gasteiger partial charge in [-0.05, 0) is 80.7 Å². The van der Waals surface area contributed by atoms with Crippen molar-refractivity contribution >= 4 is 21.4 Å². The van der Waals surface area contributed by atoms with E-state index in [1.807, 2.05) is 0 Å². The van der Waals surface area contributed by atoms with Crippen molar-refractivity contribution in [1.82, 2.24) is 4.90 Å². The number of nitrogens with zero attached hydrogens (tertiary/aromatic N) is 1. The van der Waals surface area contributed by atoms with Crippen LogP contribution in [0.4, 0.5) is 4.39 Å². The zero-order chi connectivity index (χ0) is 20.1. The number of sulfone groups is 1. The molecule has 1 fully saturated rings. The van der Waals surface area contributed by atoms with Crippen LogP contribution in [0.5, 0.6) is 5.75 Å². The summed E-state index contributed by atoms with van der Waals surface area (Å²) < 4.78 is 44.6. The molecule has 1 saturated heterocycles. The largest absolute Gasteiger partial charge is 0.484 e. The molecule has 0 amide bonds. The number of halogens is 2. The van der Waals surface area contributed by atoms with E-state index in [1.54, 1.807) is 31.2 Å². The second-order valence-electron chi connectivity index (χ2n) is 7.71. The highest BCUT2D eigenvalue weighted by Gasteiger charge is 2.40.